The van der Waals surface area contributed by atoms with Gasteiger partial charge in [0.15, 0.2) is 11.4 Å². The Morgan fingerprint density at radius 3 is 1.78 bits per heavy atom. The highest BCUT2D eigenvalue weighted by Crippen LogP contribution is 2.43. The largest absolute Gasteiger partial charge is 0.508 e. The summed E-state index contributed by atoms with van der Waals surface area (Å²) in [7, 11) is 0. The number of rotatable bonds is 26. The standard InChI is InChI=1S/C89H99N23O18/c1-3-45(2)75-84(126)104-65(8-6-28-95-86(93)94)83(125)105-66-33-48(76(91)118)9-11-50(66)40-96-63-21-14-52(36-61(63)81(123)107-75)100-71(115)41-97-78(120)46-23-29-111(30-24-46)88-108-87(102-54-13-18-57(60(35-54)85(127)128)74-58-19-16-55(113)38-69(58)130-70-39-56(114)17-20-59(70)74)109-89(110-88)112-31-25-47(26-32-112)79(121)98-42-72(116)101-53-15-22-68-62(37-53)80(122)99-43-73(117)103-64(7-4-5-27-90)82(124)106-67-34-49(77(92)119)10-12-51(67)44-129-68/h9-22,33-39,45-47,64-65,75,96,113H,3-8,23-32,40-44,90H2,1-2H3,(H2,91,118)(H2,92,119)(H,97,120)(H,98,121)(H,99,122)(H,100,115)(H,101,116)(H,103,117)(H,104,126)(H,105,125)(H,106,124)(H,107,123)(H,127,128)(H4,93,94,95)(H,102,108,109,110)/t45-,64-,65-,75-/m0/s1. The molecule has 0 spiro atoms. The molecule has 6 aliphatic rings. The number of nitrogens with two attached hydrogens (primary N) is 4. The van der Waals surface area contributed by atoms with Crippen molar-refractivity contribution in [3.05, 3.63) is 177 Å². The highest BCUT2D eigenvalue weighted by Gasteiger charge is 2.36. The number of piperidine rings is 2. The summed E-state index contributed by atoms with van der Waals surface area (Å²) in [6.07, 6.45) is 3.01. The van der Waals surface area contributed by atoms with Gasteiger partial charge >= 0.3 is 5.97 Å². The van der Waals surface area contributed by atoms with E-state index < -0.39 is 132 Å². The first kappa shape index (κ1) is 91.8. The molecule has 1 aromatic heterocycles. The second kappa shape index (κ2) is 41.5. The maximum absolute atomic E-state index is 14.6. The van der Waals surface area contributed by atoms with Crippen LogP contribution in [0.25, 0.3) is 33.4 Å². The maximum atomic E-state index is 14.6. The predicted molar refractivity (Wildman–Crippen MR) is 480 cm³/mol. The van der Waals surface area contributed by atoms with Crippen LogP contribution >= 0.6 is 0 Å². The Morgan fingerprint density at radius 1 is 0.577 bits per heavy atom. The number of phenols is 1. The van der Waals surface area contributed by atoms with Crippen molar-refractivity contribution in [3.63, 3.8) is 0 Å². The second-order valence-electron chi connectivity index (χ2n) is 31.9. The summed E-state index contributed by atoms with van der Waals surface area (Å²) < 4.78 is 12.2. The first-order valence-corrected chi connectivity index (χ1v) is 42.3. The molecule has 5 aliphatic heterocycles. The maximum Gasteiger partial charge on any atom is 0.336 e. The zero-order valence-corrected chi connectivity index (χ0v) is 70.9. The van der Waals surface area contributed by atoms with Gasteiger partial charge in [0.2, 0.25) is 76.9 Å². The number of ether oxygens (including phenoxy) is 1. The molecular weight excluding hydrogens is 1680 g/mol. The van der Waals surface area contributed by atoms with E-state index >= 15 is 0 Å². The number of benzene rings is 7. The molecule has 41 nitrogen and oxygen atoms in total. The lowest BCUT2D eigenvalue weighted by Crippen LogP contribution is -2.55. The Balaban J connectivity index is 0.686. The van der Waals surface area contributed by atoms with E-state index in [4.69, 9.17) is 52.4 Å². The molecule has 0 saturated carbocycles. The summed E-state index contributed by atoms with van der Waals surface area (Å²) in [6, 6.07) is 27.1. The molecule has 2 fully saturated rings. The number of carboxylic acid groups (broad SMARTS) is 1. The van der Waals surface area contributed by atoms with Crippen LogP contribution in [0.2, 0.25) is 0 Å². The van der Waals surface area contributed by atoms with E-state index in [-0.39, 0.29) is 210 Å². The summed E-state index contributed by atoms with van der Waals surface area (Å²) in [4.78, 5) is 208. The molecule has 1 aliphatic carbocycles. The number of carbonyl (C=O) groups is 13. The van der Waals surface area contributed by atoms with Crippen LogP contribution in [0.3, 0.4) is 0 Å². The minimum atomic E-state index is -1.32. The lowest BCUT2D eigenvalue weighted by atomic mass is 9.90. The zero-order chi connectivity index (χ0) is 92.6. The number of phenolic OH excluding ortho intramolecular Hbond substituents is 1. The molecule has 12 amide bonds. The molecule has 2 saturated heterocycles. The summed E-state index contributed by atoms with van der Waals surface area (Å²) in [5.41, 5.74) is 25.2. The summed E-state index contributed by atoms with van der Waals surface area (Å²) >= 11 is 0. The molecule has 0 unspecified atom stereocenters. The number of unbranched alkanes of at least 4 members (excludes halogenated alkanes) is 1. The van der Waals surface area contributed by atoms with E-state index in [0.717, 1.165) is 0 Å². The monoisotopic (exact) mass is 1780 g/mol. The molecule has 7 aromatic rings. The van der Waals surface area contributed by atoms with Crippen LogP contribution < -0.4 is 112 Å². The number of aromatic hydroxyl groups is 1. The van der Waals surface area contributed by atoms with Gasteiger partial charge in [-0.05, 0) is 178 Å². The van der Waals surface area contributed by atoms with Crippen LogP contribution in [0.5, 0.6) is 11.5 Å². The van der Waals surface area contributed by atoms with Gasteiger partial charge in [0.25, 0.3) is 11.8 Å². The minimum Gasteiger partial charge on any atom is -0.508 e. The number of aromatic carboxylic acids is 1. The lowest BCUT2D eigenvalue weighted by Gasteiger charge is -2.34. The van der Waals surface area contributed by atoms with Gasteiger partial charge in [-0.3, -0.25) is 67.7 Å². The number of anilines is 9. The number of nitrogens with one attached hydrogen (secondary N) is 14. The number of carbonyl (C=O) groups excluding carboxylic acids is 12. The predicted octanol–water partition coefficient (Wildman–Crippen LogP) is 4.37. The molecule has 0 bridgehead atoms. The highest BCUT2D eigenvalue weighted by molar-refractivity contribution is 6.10. The lowest BCUT2D eigenvalue weighted by molar-refractivity contribution is -0.128. The molecule has 0 radical (unpaired) electrons. The van der Waals surface area contributed by atoms with Crippen molar-refractivity contribution in [3.8, 4) is 33.9 Å². The number of fused-ring (bicyclic) bond motifs is 6. The topological polar surface area (TPSA) is 631 Å². The molecule has 24 N–H and O–H groups in total. The van der Waals surface area contributed by atoms with E-state index in [2.05, 4.69) is 69.1 Å². The van der Waals surface area contributed by atoms with Gasteiger partial charge in [-0.1, -0.05) is 38.5 Å². The van der Waals surface area contributed by atoms with Crippen molar-refractivity contribution in [2.45, 2.75) is 109 Å². The van der Waals surface area contributed by atoms with E-state index in [9.17, 15) is 77.3 Å². The van der Waals surface area contributed by atoms with E-state index in [1.54, 1.807) is 31.2 Å². The third-order valence-electron chi connectivity index (χ3n) is 22.8. The van der Waals surface area contributed by atoms with Crippen molar-refractivity contribution < 1.29 is 81.7 Å². The summed E-state index contributed by atoms with van der Waals surface area (Å²) in [6.45, 7) is 3.20. The fourth-order valence-corrected chi connectivity index (χ4v) is 15.6. The first-order chi connectivity index (χ1) is 62.4. The third kappa shape index (κ3) is 22.9. The molecule has 4 atom stereocenters. The smallest absolute Gasteiger partial charge is 0.336 e. The Kier molecular flexibility index (Phi) is 29.3. The molecule has 130 heavy (non-hydrogen) atoms. The van der Waals surface area contributed by atoms with Crippen LogP contribution in [-0.2, 0) is 51.5 Å². The average molecular weight is 1780 g/mol. The number of hydrogen-bond acceptors (Lipinski definition) is 26. The van der Waals surface area contributed by atoms with Crippen molar-refractivity contribution in [1.82, 2.24) is 52.2 Å². The fourth-order valence-electron chi connectivity index (χ4n) is 15.6. The van der Waals surface area contributed by atoms with Gasteiger partial charge in [-0.25, -0.2) is 4.79 Å². The second-order valence-corrected chi connectivity index (χ2v) is 31.9. The van der Waals surface area contributed by atoms with E-state index in [0.29, 0.717) is 53.4 Å². The zero-order valence-electron chi connectivity index (χ0n) is 70.9. The van der Waals surface area contributed by atoms with Crippen molar-refractivity contribution in [2.75, 3.05) is 101 Å². The van der Waals surface area contributed by atoms with Crippen LogP contribution in [0, 0.1) is 23.2 Å². The highest BCUT2D eigenvalue weighted by atomic mass is 16.5. The van der Waals surface area contributed by atoms with Gasteiger partial charge in [-0.15, -0.1) is 0 Å². The van der Waals surface area contributed by atoms with E-state index in [1.165, 1.54) is 103 Å². The molecular formula is C89H99N23O18. The fraction of sp³-hybridized carbons (Fsp3) is 0.326. The SMILES string of the molecule is CC[C@H](C)[C@@H]1NC(=O)c2cc(NC(=O)CNC(=O)C3CCN(c4nc(Nc5ccc(-c6c7ccc(=O)cc-7oc7cc(O)ccc67)c(C(=O)O)c5)nc(N5CCC(C(=O)NCC(=O)Nc6ccc7c(c6)C(=O)NCC(=O)N[C@@H](CCCCN)C(=O)Nc6cc(C(N)=O)ccc6CO7)CC5)n4)CC3)ccc2NCc2ccc(C(N)=O)cc2NC(=O)[C@H](CCCNC(=N)N)NC1=O. The van der Waals surface area contributed by atoms with E-state index in [1.807, 2.05) is 16.7 Å². The Morgan fingerprint density at radius 2 is 1.17 bits per heavy atom. The summed E-state index contributed by atoms with van der Waals surface area (Å²) in [5, 5.41) is 65.8. The Hall–Kier alpha value is -15.8. The third-order valence-corrected chi connectivity index (χ3v) is 22.8. The number of nitrogens with zero attached hydrogens (tertiary/aromatic N) is 5. The van der Waals surface area contributed by atoms with Gasteiger partial charge in [0.05, 0.1) is 36.3 Å². The van der Waals surface area contributed by atoms with Gasteiger partial charge in [0, 0.05) is 131 Å². The number of amides is 12. The molecule has 41 heteroatoms. The number of primary amides is 2. The van der Waals surface area contributed by atoms with Crippen LogP contribution in [0.15, 0.2) is 137 Å². The Labute approximate surface area is 742 Å². The van der Waals surface area contributed by atoms with Gasteiger partial charge < -0.3 is 121 Å². The number of hydrogen-bond donors (Lipinski definition) is 20. The molecule has 6 heterocycles. The van der Waals surface area contributed by atoms with Crippen molar-refractivity contribution in [1.29, 1.82) is 5.41 Å². The number of guanidine groups is 1. The van der Waals surface area contributed by atoms with Gasteiger partial charge in [-0.2, -0.15) is 15.0 Å². The molecule has 13 rings (SSSR count). The van der Waals surface area contributed by atoms with Crippen molar-refractivity contribution >= 4 is 146 Å². The number of aromatic nitrogens is 3. The Bertz CT molecular complexity index is 5970. The quantitative estimate of drug-likeness (QED) is 0.0155. The van der Waals surface area contributed by atoms with Crippen molar-refractivity contribution in [2.24, 2.45) is 40.7 Å². The van der Waals surface area contributed by atoms with Crippen LogP contribution in [0.1, 0.15) is 141 Å². The first-order valence-electron chi connectivity index (χ1n) is 42.3. The normalized spacial score (nSPS) is 16.7. The summed E-state index contributed by atoms with van der Waals surface area (Å²) in [5.74, 6) is -10.8. The van der Waals surface area contributed by atoms with Gasteiger partial charge in [0.1, 0.15) is 47.6 Å². The average Bonchev–Trinajstić information content (AvgIpc) is 0.744. The molecule has 6 aromatic carbocycles. The number of carboxylic acids is 1. The van der Waals surface area contributed by atoms with Crippen LogP contribution in [0.4, 0.5) is 52.0 Å². The minimum absolute atomic E-state index is 0.00938. The van der Waals surface area contributed by atoms with Crippen LogP contribution in [-0.4, -0.2) is 185 Å². The molecule has 678 valence electrons.